The fourth-order valence-electron chi connectivity index (χ4n) is 3.24. The first-order valence-corrected chi connectivity index (χ1v) is 11.1. The lowest BCUT2D eigenvalue weighted by atomic mass is 10.0. The Morgan fingerprint density at radius 1 is 0.969 bits per heavy atom. The van der Waals surface area contributed by atoms with Gasteiger partial charge in [0.15, 0.2) is 10.9 Å². The summed E-state index contributed by atoms with van der Waals surface area (Å²) < 4.78 is 0. The van der Waals surface area contributed by atoms with Gasteiger partial charge in [0, 0.05) is 28.9 Å². The summed E-state index contributed by atoms with van der Waals surface area (Å²) in [5.74, 6) is -0.536. The highest BCUT2D eigenvalue weighted by molar-refractivity contribution is 7.17. The van der Waals surface area contributed by atoms with Crippen molar-refractivity contribution in [2.24, 2.45) is 0 Å². The van der Waals surface area contributed by atoms with Crippen LogP contribution in [-0.2, 0) is 0 Å². The van der Waals surface area contributed by atoms with Crippen molar-refractivity contribution in [2.75, 3.05) is 17.3 Å². The van der Waals surface area contributed by atoms with Crippen LogP contribution in [0.5, 0.6) is 0 Å². The van der Waals surface area contributed by atoms with Crippen LogP contribution in [0.4, 0.5) is 16.5 Å². The highest BCUT2D eigenvalue weighted by atomic mass is 35.5. The van der Waals surface area contributed by atoms with Crippen LogP contribution in [0, 0.1) is 6.92 Å². The number of halogens is 1. The number of rotatable bonds is 6. The second-order valence-corrected chi connectivity index (χ2v) is 8.56. The molecule has 1 aromatic heterocycles. The first-order chi connectivity index (χ1) is 15.4. The van der Waals surface area contributed by atoms with E-state index in [0.29, 0.717) is 37.5 Å². The molecule has 0 atom stereocenters. The largest absolute Gasteiger partial charge is 0.321 e. The maximum absolute atomic E-state index is 13.1. The number of carbonyl (C=O) groups is 2. The Morgan fingerprint density at radius 2 is 1.62 bits per heavy atom. The predicted molar refractivity (Wildman–Crippen MR) is 131 cm³/mol. The predicted octanol–water partition coefficient (Wildman–Crippen LogP) is 6.36. The summed E-state index contributed by atoms with van der Waals surface area (Å²) in [6.45, 7) is 1.80. The van der Waals surface area contributed by atoms with Crippen molar-refractivity contribution in [1.82, 2.24) is 4.98 Å². The zero-order valence-electron chi connectivity index (χ0n) is 17.5. The number of ketones is 1. The molecule has 0 saturated heterocycles. The van der Waals surface area contributed by atoms with Gasteiger partial charge in [-0.2, -0.15) is 0 Å². The highest BCUT2D eigenvalue weighted by Crippen LogP contribution is 2.31. The van der Waals surface area contributed by atoms with Crippen molar-refractivity contribution >= 4 is 51.1 Å². The summed E-state index contributed by atoms with van der Waals surface area (Å²) in [5, 5.41) is 3.99. The third-order valence-corrected chi connectivity index (χ3v) is 6.40. The van der Waals surface area contributed by atoms with Gasteiger partial charge in [0.25, 0.3) is 5.91 Å². The first kappa shape index (κ1) is 21.7. The molecule has 5 nitrogen and oxygen atoms in total. The number of nitrogens with one attached hydrogen (secondary N) is 1. The SMILES string of the molecule is Cc1nc(N(C)c2ccccc2)sc1C(=O)Nc1ccc(Cl)cc1C(=O)c1ccccc1. The highest BCUT2D eigenvalue weighted by Gasteiger charge is 2.21. The van der Waals surface area contributed by atoms with E-state index in [1.165, 1.54) is 11.3 Å². The smallest absolute Gasteiger partial charge is 0.267 e. The zero-order chi connectivity index (χ0) is 22.7. The molecular weight excluding hydrogens is 442 g/mol. The van der Waals surface area contributed by atoms with Crippen molar-refractivity contribution in [3.8, 4) is 0 Å². The molecule has 0 unspecified atom stereocenters. The van der Waals surface area contributed by atoms with E-state index < -0.39 is 0 Å². The molecule has 1 amide bonds. The van der Waals surface area contributed by atoms with Gasteiger partial charge in [0.1, 0.15) is 4.88 Å². The molecule has 0 aliphatic heterocycles. The van der Waals surface area contributed by atoms with Gasteiger partial charge in [-0.3, -0.25) is 9.59 Å². The number of anilines is 3. The van der Waals surface area contributed by atoms with Gasteiger partial charge >= 0.3 is 0 Å². The van der Waals surface area contributed by atoms with Crippen LogP contribution in [0.1, 0.15) is 31.3 Å². The Balaban J connectivity index is 1.61. The number of benzene rings is 3. The molecule has 0 spiro atoms. The normalized spacial score (nSPS) is 10.6. The van der Waals surface area contributed by atoms with Crippen LogP contribution in [0.3, 0.4) is 0 Å². The van der Waals surface area contributed by atoms with Gasteiger partial charge < -0.3 is 10.2 Å². The molecule has 0 aliphatic carbocycles. The van der Waals surface area contributed by atoms with Crippen LogP contribution in [-0.4, -0.2) is 23.7 Å². The molecule has 0 saturated carbocycles. The third-order valence-electron chi connectivity index (χ3n) is 4.93. The first-order valence-electron chi connectivity index (χ1n) is 9.91. The number of carbonyl (C=O) groups excluding carboxylic acids is 2. The minimum Gasteiger partial charge on any atom is -0.321 e. The number of para-hydroxylation sites is 1. The molecule has 3 aromatic carbocycles. The molecule has 32 heavy (non-hydrogen) atoms. The van der Waals surface area contributed by atoms with Crippen molar-refractivity contribution < 1.29 is 9.59 Å². The second kappa shape index (κ2) is 9.34. The monoisotopic (exact) mass is 461 g/mol. The molecule has 1 heterocycles. The summed E-state index contributed by atoms with van der Waals surface area (Å²) in [4.78, 5) is 33.1. The molecule has 0 aliphatic rings. The van der Waals surface area contributed by atoms with Crippen molar-refractivity contribution in [1.29, 1.82) is 0 Å². The van der Waals surface area contributed by atoms with E-state index >= 15 is 0 Å². The Bertz CT molecular complexity index is 1270. The van der Waals surface area contributed by atoms with E-state index in [9.17, 15) is 9.59 Å². The number of thiazole rings is 1. The van der Waals surface area contributed by atoms with Gasteiger partial charge in [0.2, 0.25) is 0 Å². The quantitative estimate of drug-likeness (QED) is 0.339. The van der Waals surface area contributed by atoms with E-state index in [2.05, 4.69) is 10.3 Å². The molecule has 7 heteroatoms. The van der Waals surface area contributed by atoms with E-state index in [0.717, 1.165) is 5.69 Å². The minimum absolute atomic E-state index is 0.214. The van der Waals surface area contributed by atoms with Crippen LogP contribution < -0.4 is 10.2 Å². The average Bonchev–Trinajstić information content (AvgIpc) is 3.22. The van der Waals surface area contributed by atoms with Gasteiger partial charge in [-0.25, -0.2) is 4.98 Å². The zero-order valence-corrected chi connectivity index (χ0v) is 19.1. The fourth-order valence-corrected chi connectivity index (χ4v) is 4.35. The lowest BCUT2D eigenvalue weighted by Crippen LogP contribution is -2.15. The second-order valence-electron chi connectivity index (χ2n) is 7.14. The standard InChI is InChI=1S/C25H20ClN3O2S/c1-16-23(32-25(27-16)29(2)19-11-7-4-8-12-19)24(31)28-21-14-13-18(26)15-20(21)22(30)17-9-5-3-6-10-17/h3-15H,1-2H3,(H,28,31). The summed E-state index contributed by atoms with van der Waals surface area (Å²) in [6.07, 6.45) is 0. The number of aryl methyl sites for hydroxylation is 1. The van der Waals surface area contributed by atoms with Crippen LogP contribution in [0.2, 0.25) is 5.02 Å². The summed E-state index contributed by atoms with van der Waals surface area (Å²) in [6, 6.07) is 23.6. The molecule has 1 N–H and O–H groups in total. The molecule has 4 aromatic rings. The van der Waals surface area contributed by atoms with Gasteiger partial charge in [-0.05, 0) is 37.3 Å². The van der Waals surface area contributed by atoms with Gasteiger partial charge in [0.05, 0.1) is 11.4 Å². The van der Waals surface area contributed by atoms with Gasteiger partial charge in [-0.15, -0.1) is 0 Å². The third kappa shape index (κ3) is 4.56. The molecule has 0 radical (unpaired) electrons. The number of nitrogens with zero attached hydrogens (tertiary/aromatic N) is 2. The van der Waals surface area contributed by atoms with Crippen molar-refractivity contribution in [3.63, 3.8) is 0 Å². The maximum Gasteiger partial charge on any atom is 0.267 e. The molecule has 160 valence electrons. The summed E-state index contributed by atoms with van der Waals surface area (Å²) in [7, 11) is 1.91. The Kier molecular flexibility index (Phi) is 6.35. The van der Waals surface area contributed by atoms with Crippen molar-refractivity contribution in [2.45, 2.75) is 6.92 Å². The fraction of sp³-hybridized carbons (Fsp3) is 0.0800. The number of hydrogen-bond acceptors (Lipinski definition) is 5. The Labute approximate surface area is 195 Å². The summed E-state index contributed by atoms with van der Waals surface area (Å²) >= 11 is 7.44. The van der Waals surface area contributed by atoms with E-state index in [1.54, 1.807) is 49.4 Å². The molecule has 0 fully saturated rings. The van der Waals surface area contributed by atoms with Crippen LogP contribution in [0.15, 0.2) is 78.9 Å². The minimum atomic E-state index is -0.322. The van der Waals surface area contributed by atoms with Gasteiger partial charge in [-0.1, -0.05) is 71.5 Å². The lowest BCUT2D eigenvalue weighted by molar-refractivity contribution is 0.102. The lowest BCUT2D eigenvalue weighted by Gasteiger charge is -2.15. The van der Waals surface area contributed by atoms with Crippen LogP contribution in [0.25, 0.3) is 0 Å². The van der Waals surface area contributed by atoms with E-state index in [1.807, 2.05) is 48.3 Å². The Hall–Kier alpha value is -3.48. The average molecular weight is 462 g/mol. The molecule has 0 bridgehead atoms. The summed E-state index contributed by atoms with van der Waals surface area (Å²) in [5.41, 5.74) is 2.85. The molecule has 4 rings (SSSR count). The number of amides is 1. The van der Waals surface area contributed by atoms with E-state index in [4.69, 9.17) is 11.6 Å². The maximum atomic E-state index is 13.1. The number of hydrogen-bond donors (Lipinski definition) is 1. The number of aromatic nitrogens is 1. The van der Waals surface area contributed by atoms with Crippen LogP contribution >= 0.6 is 22.9 Å². The molecular formula is C25H20ClN3O2S. The van der Waals surface area contributed by atoms with E-state index in [-0.39, 0.29) is 11.7 Å². The Morgan fingerprint density at radius 3 is 2.31 bits per heavy atom. The van der Waals surface area contributed by atoms with Crippen molar-refractivity contribution in [3.05, 3.63) is 106 Å². The topological polar surface area (TPSA) is 62.3 Å².